The van der Waals surface area contributed by atoms with Gasteiger partial charge in [0.2, 0.25) is 5.91 Å². The lowest BCUT2D eigenvalue weighted by molar-refractivity contribution is -0.118. The fraction of sp³-hybridized carbons (Fsp3) is 0.538. The van der Waals surface area contributed by atoms with E-state index in [-0.39, 0.29) is 5.91 Å². The van der Waals surface area contributed by atoms with Crippen molar-refractivity contribution in [3.8, 4) is 0 Å². The molecule has 0 saturated carbocycles. The van der Waals surface area contributed by atoms with Gasteiger partial charge in [-0.3, -0.25) is 9.79 Å². The lowest BCUT2D eigenvalue weighted by Gasteiger charge is -2.26. The molecule has 0 spiro atoms. The Morgan fingerprint density at radius 1 is 1.50 bits per heavy atom. The second-order valence-corrected chi connectivity index (χ2v) is 4.79. The second kappa shape index (κ2) is 3.89. The van der Waals surface area contributed by atoms with Crippen molar-refractivity contribution < 1.29 is 4.79 Å². The fourth-order valence-corrected chi connectivity index (χ4v) is 2.56. The number of nitrogens with zero attached hydrogens (tertiary/aromatic N) is 1. The molecule has 2 aliphatic rings. The van der Waals surface area contributed by atoms with E-state index in [1.165, 1.54) is 5.57 Å². The number of fused-ring (bicyclic) bond motifs is 1. The topological polar surface area (TPSA) is 41.5 Å². The van der Waals surface area contributed by atoms with Crippen molar-refractivity contribution in [2.75, 3.05) is 0 Å². The van der Waals surface area contributed by atoms with Crippen LogP contribution in [0.1, 0.15) is 34.1 Å². The molecule has 3 heteroatoms. The molecule has 1 amide bonds. The average Bonchev–Trinajstić information content (AvgIpc) is 2.55. The van der Waals surface area contributed by atoms with Crippen molar-refractivity contribution in [2.45, 2.75) is 34.1 Å². The van der Waals surface area contributed by atoms with Gasteiger partial charge < -0.3 is 5.32 Å². The van der Waals surface area contributed by atoms with Crippen LogP contribution in [0.3, 0.4) is 0 Å². The van der Waals surface area contributed by atoms with Crippen LogP contribution in [0, 0.1) is 11.8 Å². The Labute approximate surface area is 96.3 Å². The van der Waals surface area contributed by atoms with Gasteiger partial charge in [0.1, 0.15) is 0 Å². The van der Waals surface area contributed by atoms with Gasteiger partial charge in [0.05, 0.1) is 0 Å². The third kappa shape index (κ3) is 1.70. The van der Waals surface area contributed by atoms with Crippen molar-refractivity contribution in [1.82, 2.24) is 5.32 Å². The first-order valence-corrected chi connectivity index (χ1v) is 5.73. The predicted octanol–water partition coefficient (Wildman–Crippen LogP) is 2.41. The summed E-state index contributed by atoms with van der Waals surface area (Å²) in [5.41, 5.74) is 4.52. The summed E-state index contributed by atoms with van der Waals surface area (Å²) in [6.45, 7) is 7.89. The van der Waals surface area contributed by atoms with Crippen LogP contribution in [0.5, 0.6) is 0 Å². The molecule has 0 aromatic rings. The second-order valence-electron chi connectivity index (χ2n) is 4.79. The molecule has 0 aromatic carbocycles. The van der Waals surface area contributed by atoms with Crippen LogP contribution in [0.15, 0.2) is 27.5 Å². The highest BCUT2D eigenvalue weighted by Crippen LogP contribution is 2.40. The summed E-state index contributed by atoms with van der Waals surface area (Å²) in [6, 6.07) is 0. The summed E-state index contributed by atoms with van der Waals surface area (Å²) in [5, 5.41) is 2.92. The fourth-order valence-electron chi connectivity index (χ4n) is 2.56. The highest BCUT2D eigenvalue weighted by atomic mass is 16.1. The van der Waals surface area contributed by atoms with Gasteiger partial charge in [0, 0.05) is 36.4 Å². The summed E-state index contributed by atoms with van der Waals surface area (Å²) in [5.74, 6) is 1.01. The maximum atomic E-state index is 11.2. The lowest BCUT2D eigenvalue weighted by atomic mass is 9.81. The van der Waals surface area contributed by atoms with E-state index in [0.29, 0.717) is 11.8 Å². The highest BCUT2D eigenvalue weighted by molar-refractivity contribution is 5.77. The first-order chi connectivity index (χ1) is 7.50. The van der Waals surface area contributed by atoms with E-state index in [1.54, 1.807) is 6.92 Å². The minimum Gasteiger partial charge on any atom is -0.326 e. The average molecular weight is 218 g/mol. The lowest BCUT2D eigenvalue weighted by Crippen LogP contribution is -2.26. The quantitative estimate of drug-likeness (QED) is 0.721. The van der Waals surface area contributed by atoms with E-state index >= 15 is 0 Å². The van der Waals surface area contributed by atoms with Crippen molar-refractivity contribution in [2.24, 2.45) is 16.8 Å². The third-order valence-corrected chi connectivity index (χ3v) is 3.45. The molecule has 1 N–H and O–H groups in total. The molecule has 0 bridgehead atoms. The third-order valence-electron chi connectivity index (χ3n) is 3.45. The van der Waals surface area contributed by atoms with Crippen molar-refractivity contribution >= 4 is 12.1 Å². The Bertz CT molecular complexity index is 429. The number of nitrogens with one attached hydrogen (secondary N) is 1. The van der Waals surface area contributed by atoms with Gasteiger partial charge in [-0.1, -0.05) is 6.92 Å². The molecule has 2 atom stereocenters. The van der Waals surface area contributed by atoms with Crippen molar-refractivity contribution in [1.29, 1.82) is 0 Å². The van der Waals surface area contributed by atoms with Gasteiger partial charge in [0.15, 0.2) is 0 Å². The Morgan fingerprint density at radius 2 is 2.19 bits per heavy atom. The predicted molar refractivity (Wildman–Crippen MR) is 65.0 cm³/mol. The Balaban J connectivity index is 2.38. The zero-order valence-corrected chi connectivity index (χ0v) is 10.3. The molecule has 86 valence electrons. The summed E-state index contributed by atoms with van der Waals surface area (Å²) in [7, 11) is 0. The number of aliphatic imine (C=N–C) groups is 1. The van der Waals surface area contributed by atoms with Crippen molar-refractivity contribution in [3.63, 3.8) is 0 Å². The molecule has 3 nitrogen and oxygen atoms in total. The van der Waals surface area contributed by atoms with Crippen LogP contribution in [-0.4, -0.2) is 12.1 Å². The molecule has 0 fully saturated rings. The maximum absolute atomic E-state index is 11.2. The van der Waals surface area contributed by atoms with Gasteiger partial charge in [-0.2, -0.15) is 0 Å². The first kappa shape index (κ1) is 11.1. The van der Waals surface area contributed by atoms with E-state index in [4.69, 9.17) is 0 Å². The van der Waals surface area contributed by atoms with Gasteiger partial charge in [-0.15, -0.1) is 0 Å². The number of hydrogen-bond acceptors (Lipinski definition) is 2. The molecule has 2 rings (SSSR count). The van der Waals surface area contributed by atoms with Gasteiger partial charge in [-0.05, 0) is 31.4 Å². The standard InChI is InChI=1S/C13H18N2O/c1-7-5-11-8(2)6-14-13(11)9(3)12(7)15-10(4)16/h6,8,11H,5H2,1-4H3,(H,15,16). The SMILES string of the molecule is CC(=O)NC1=C(C)CC2C(=C1C)N=CC2C. The molecule has 1 heterocycles. The normalized spacial score (nSPS) is 28.5. The summed E-state index contributed by atoms with van der Waals surface area (Å²) in [6.07, 6.45) is 3.02. The first-order valence-electron chi connectivity index (χ1n) is 5.73. The highest BCUT2D eigenvalue weighted by Gasteiger charge is 2.32. The molecule has 0 saturated heterocycles. The Kier molecular flexibility index (Phi) is 2.70. The number of hydrogen-bond donors (Lipinski definition) is 1. The van der Waals surface area contributed by atoms with E-state index in [1.807, 2.05) is 13.1 Å². The molecule has 1 aliphatic carbocycles. The molecule has 16 heavy (non-hydrogen) atoms. The van der Waals surface area contributed by atoms with Gasteiger partial charge in [0.25, 0.3) is 0 Å². The smallest absolute Gasteiger partial charge is 0.221 e. The molecule has 1 aliphatic heterocycles. The maximum Gasteiger partial charge on any atom is 0.221 e. The minimum atomic E-state index is -0.0113. The Hall–Kier alpha value is -1.38. The van der Waals surface area contributed by atoms with Crippen molar-refractivity contribution in [3.05, 3.63) is 22.5 Å². The Morgan fingerprint density at radius 3 is 2.81 bits per heavy atom. The van der Waals surface area contributed by atoms with Crippen LogP contribution >= 0.6 is 0 Å². The largest absolute Gasteiger partial charge is 0.326 e. The van der Waals surface area contributed by atoms with Crippen LogP contribution in [0.25, 0.3) is 0 Å². The van der Waals surface area contributed by atoms with Crippen LogP contribution in [0.2, 0.25) is 0 Å². The minimum absolute atomic E-state index is 0.0113. The number of rotatable bonds is 1. The van der Waals surface area contributed by atoms with Gasteiger partial charge in [-0.25, -0.2) is 0 Å². The summed E-state index contributed by atoms with van der Waals surface area (Å²) < 4.78 is 0. The summed E-state index contributed by atoms with van der Waals surface area (Å²) >= 11 is 0. The monoisotopic (exact) mass is 218 g/mol. The number of amides is 1. The van der Waals surface area contributed by atoms with E-state index < -0.39 is 0 Å². The summed E-state index contributed by atoms with van der Waals surface area (Å²) in [4.78, 5) is 15.6. The van der Waals surface area contributed by atoms with Crippen LogP contribution < -0.4 is 5.32 Å². The van der Waals surface area contributed by atoms with Crippen LogP contribution in [-0.2, 0) is 4.79 Å². The zero-order chi connectivity index (χ0) is 11.9. The molecular weight excluding hydrogens is 200 g/mol. The van der Waals surface area contributed by atoms with E-state index in [0.717, 1.165) is 23.4 Å². The molecule has 0 radical (unpaired) electrons. The zero-order valence-electron chi connectivity index (χ0n) is 10.3. The molecular formula is C13H18N2O. The van der Waals surface area contributed by atoms with Gasteiger partial charge >= 0.3 is 0 Å². The molecule has 0 aromatic heterocycles. The molecule has 2 unspecified atom stereocenters. The number of carbonyl (C=O) groups is 1. The van der Waals surface area contributed by atoms with E-state index in [2.05, 4.69) is 24.2 Å². The van der Waals surface area contributed by atoms with Crippen LogP contribution in [0.4, 0.5) is 0 Å². The van der Waals surface area contributed by atoms with E-state index in [9.17, 15) is 4.79 Å². The number of carbonyl (C=O) groups excluding carboxylic acids is 1. The number of allylic oxidation sites excluding steroid dienone is 3.